The second kappa shape index (κ2) is 2.98. The summed E-state index contributed by atoms with van der Waals surface area (Å²) in [5, 5.41) is 14.5. The lowest BCUT2D eigenvalue weighted by Crippen LogP contribution is -2.52. The molecule has 3 N–H and O–H groups in total. The molecule has 1 heterocycles. The van der Waals surface area contributed by atoms with E-state index in [1.807, 2.05) is 0 Å². The molecule has 4 nitrogen and oxygen atoms in total. The molecule has 1 saturated heterocycles. The number of amides is 1. The van der Waals surface area contributed by atoms with E-state index in [0.717, 1.165) is 0 Å². The Hall–Kier alpha value is -0.610. The molecule has 1 aliphatic rings. The minimum Gasteiger partial charge on any atom is -0.372 e. The lowest BCUT2D eigenvalue weighted by atomic mass is 10.1. The van der Waals surface area contributed by atoms with Crippen molar-refractivity contribution in [2.24, 2.45) is 0 Å². The molecule has 0 spiro atoms. The van der Waals surface area contributed by atoms with Crippen molar-refractivity contribution in [3.05, 3.63) is 0 Å². The Morgan fingerprint density at radius 3 is 3.00 bits per heavy atom. The van der Waals surface area contributed by atoms with Gasteiger partial charge in [-0.3, -0.25) is 4.79 Å². The van der Waals surface area contributed by atoms with E-state index >= 15 is 0 Å². The second-order valence-corrected chi connectivity index (χ2v) is 2.45. The molecule has 1 rings (SSSR count). The Morgan fingerprint density at radius 1 is 1.80 bits per heavy atom. The summed E-state index contributed by atoms with van der Waals surface area (Å²) in [6.07, 6.45) is 0.498. The highest BCUT2D eigenvalue weighted by Gasteiger charge is 2.24. The Balaban J connectivity index is 2.43. The van der Waals surface area contributed by atoms with Gasteiger partial charge >= 0.3 is 0 Å². The first-order valence-corrected chi connectivity index (χ1v) is 3.38. The van der Waals surface area contributed by atoms with Crippen LogP contribution in [0, 0.1) is 0 Å². The van der Waals surface area contributed by atoms with E-state index in [2.05, 4.69) is 10.6 Å². The van der Waals surface area contributed by atoms with E-state index < -0.39 is 6.23 Å². The van der Waals surface area contributed by atoms with Crippen LogP contribution in [0.2, 0.25) is 0 Å². The van der Waals surface area contributed by atoms with Crippen molar-refractivity contribution in [2.45, 2.75) is 25.1 Å². The molecule has 0 aromatic carbocycles. The molecule has 0 bridgehead atoms. The number of likely N-dealkylation sites (N-methyl/N-ethyl adjacent to an activating group) is 1. The third-order valence-electron chi connectivity index (χ3n) is 1.74. The van der Waals surface area contributed by atoms with Crippen LogP contribution in [0.3, 0.4) is 0 Å². The number of nitrogens with one attached hydrogen (secondary N) is 2. The highest BCUT2D eigenvalue weighted by Crippen LogP contribution is 2.06. The zero-order chi connectivity index (χ0) is 7.56. The maximum Gasteiger partial charge on any atom is 0.222 e. The maximum absolute atomic E-state index is 10.6. The van der Waals surface area contributed by atoms with E-state index in [1.54, 1.807) is 7.05 Å². The van der Waals surface area contributed by atoms with Crippen LogP contribution in [0.4, 0.5) is 0 Å². The standard InChI is InChI=1S/C6H12N2O2/c1-7-4-2-3-5(9)8-6(4)10/h4,6-7,10H,2-3H2,1H3,(H,8,9). The topological polar surface area (TPSA) is 61.4 Å². The molecule has 0 aromatic rings. The molecule has 4 heteroatoms. The third-order valence-corrected chi connectivity index (χ3v) is 1.74. The van der Waals surface area contributed by atoms with Gasteiger partial charge in [0, 0.05) is 6.42 Å². The fourth-order valence-corrected chi connectivity index (χ4v) is 1.08. The number of rotatable bonds is 1. The largest absolute Gasteiger partial charge is 0.372 e. The Kier molecular flexibility index (Phi) is 2.24. The van der Waals surface area contributed by atoms with Crippen LogP contribution in [0.25, 0.3) is 0 Å². The van der Waals surface area contributed by atoms with Crippen LogP contribution >= 0.6 is 0 Å². The predicted octanol–water partition coefficient (Wildman–Crippen LogP) is -1.20. The zero-order valence-corrected chi connectivity index (χ0v) is 5.92. The van der Waals surface area contributed by atoms with Crippen molar-refractivity contribution in [3.8, 4) is 0 Å². The maximum atomic E-state index is 10.6. The summed E-state index contributed by atoms with van der Waals surface area (Å²) in [5.74, 6) is -0.0704. The van der Waals surface area contributed by atoms with Crippen molar-refractivity contribution in [2.75, 3.05) is 7.05 Å². The van der Waals surface area contributed by atoms with Gasteiger partial charge in [0.25, 0.3) is 0 Å². The first-order chi connectivity index (χ1) is 4.74. The number of carbonyl (C=O) groups is 1. The van der Waals surface area contributed by atoms with Crippen molar-refractivity contribution in [1.29, 1.82) is 0 Å². The number of aliphatic hydroxyl groups is 1. The van der Waals surface area contributed by atoms with Gasteiger partial charge < -0.3 is 15.7 Å². The van der Waals surface area contributed by atoms with E-state index in [-0.39, 0.29) is 11.9 Å². The minimum atomic E-state index is -0.716. The minimum absolute atomic E-state index is 0.0118. The molecule has 1 amide bonds. The van der Waals surface area contributed by atoms with Crippen LogP contribution in [-0.4, -0.2) is 30.3 Å². The summed E-state index contributed by atoms with van der Waals surface area (Å²) in [6.45, 7) is 0. The molecule has 0 aliphatic carbocycles. The predicted molar refractivity (Wildman–Crippen MR) is 36.2 cm³/mol. The van der Waals surface area contributed by atoms with Crippen LogP contribution in [0.1, 0.15) is 12.8 Å². The van der Waals surface area contributed by atoms with Crippen LogP contribution in [-0.2, 0) is 4.79 Å². The Labute approximate surface area is 59.6 Å². The van der Waals surface area contributed by atoms with Gasteiger partial charge in [0.05, 0.1) is 6.04 Å². The average Bonchev–Trinajstić information content (AvgIpc) is 1.88. The molecule has 2 atom stereocenters. The van der Waals surface area contributed by atoms with E-state index in [1.165, 1.54) is 0 Å². The SMILES string of the molecule is CNC1CCC(=O)NC1O. The molecule has 58 valence electrons. The lowest BCUT2D eigenvalue weighted by Gasteiger charge is -2.27. The highest BCUT2D eigenvalue weighted by atomic mass is 16.3. The van der Waals surface area contributed by atoms with Gasteiger partial charge in [-0.15, -0.1) is 0 Å². The molecule has 0 saturated carbocycles. The quantitative estimate of drug-likeness (QED) is 0.433. The normalized spacial score (nSPS) is 33.6. The number of hydrogen-bond acceptors (Lipinski definition) is 3. The van der Waals surface area contributed by atoms with Gasteiger partial charge in [-0.05, 0) is 13.5 Å². The van der Waals surface area contributed by atoms with E-state index in [4.69, 9.17) is 5.11 Å². The summed E-state index contributed by atoms with van der Waals surface area (Å²) in [4.78, 5) is 10.6. The molecule has 1 aliphatic heterocycles. The van der Waals surface area contributed by atoms with E-state index in [9.17, 15) is 4.79 Å². The van der Waals surface area contributed by atoms with Crippen molar-refractivity contribution < 1.29 is 9.90 Å². The second-order valence-electron chi connectivity index (χ2n) is 2.45. The first kappa shape index (κ1) is 7.50. The number of hydrogen-bond donors (Lipinski definition) is 3. The fourth-order valence-electron chi connectivity index (χ4n) is 1.08. The summed E-state index contributed by atoms with van der Waals surface area (Å²) < 4.78 is 0. The van der Waals surface area contributed by atoms with Gasteiger partial charge in [0.1, 0.15) is 6.23 Å². The monoisotopic (exact) mass is 144 g/mol. The number of piperidine rings is 1. The lowest BCUT2D eigenvalue weighted by molar-refractivity contribution is -0.127. The zero-order valence-electron chi connectivity index (χ0n) is 5.92. The van der Waals surface area contributed by atoms with E-state index in [0.29, 0.717) is 12.8 Å². The van der Waals surface area contributed by atoms with Gasteiger partial charge in [-0.2, -0.15) is 0 Å². The smallest absolute Gasteiger partial charge is 0.222 e. The van der Waals surface area contributed by atoms with Crippen molar-refractivity contribution in [1.82, 2.24) is 10.6 Å². The Bertz CT molecular complexity index is 138. The molecule has 0 aromatic heterocycles. The molecule has 0 radical (unpaired) electrons. The molecule has 10 heavy (non-hydrogen) atoms. The molecule has 1 fully saturated rings. The van der Waals surface area contributed by atoms with Gasteiger partial charge in [-0.25, -0.2) is 0 Å². The number of aliphatic hydroxyl groups excluding tert-OH is 1. The van der Waals surface area contributed by atoms with Crippen molar-refractivity contribution in [3.63, 3.8) is 0 Å². The van der Waals surface area contributed by atoms with Crippen LogP contribution < -0.4 is 10.6 Å². The van der Waals surface area contributed by atoms with Gasteiger partial charge in [-0.1, -0.05) is 0 Å². The fraction of sp³-hybridized carbons (Fsp3) is 0.833. The van der Waals surface area contributed by atoms with Crippen molar-refractivity contribution >= 4 is 5.91 Å². The molecular formula is C6H12N2O2. The summed E-state index contributed by atoms with van der Waals surface area (Å²) >= 11 is 0. The average molecular weight is 144 g/mol. The first-order valence-electron chi connectivity index (χ1n) is 3.38. The molecule has 2 unspecified atom stereocenters. The highest BCUT2D eigenvalue weighted by molar-refractivity contribution is 5.77. The van der Waals surface area contributed by atoms with Gasteiger partial charge in [0.2, 0.25) is 5.91 Å². The summed E-state index contributed by atoms with van der Waals surface area (Å²) in [6, 6.07) is 0.0118. The Morgan fingerprint density at radius 2 is 2.50 bits per heavy atom. The number of carbonyl (C=O) groups excluding carboxylic acids is 1. The summed E-state index contributed by atoms with van der Waals surface area (Å²) in [5.41, 5.74) is 0. The van der Waals surface area contributed by atoms with Crippen LogP contribution in [0.5, 0.6) is 0 Å². The summed E-state index contributed by atoms with van der Waals surface area (Å²) in [7, 11) is 1.77. The molecular weight excluding hydrogens is 132 g/mol. The third kappa shape index (κ3) is 1.46. The van der Waals surface area contributed by atoms with Crippen LogP contribution in [0.15, 0.2) is 0 Å². The van der Waals surface area contributed by atoms with Gasteiger partial charge in [0.15, 0.2) is 0 Å².